The Morgan fingerprint density at radius 2 is 0.786 bits per heavy atom. The fourth-order valence-corrected chi connectivity index (χ4v) is 4.54. The summed E-state index contributed by atoms with van der Waals surface area (Å²) >= 11 is 0. The van der Waals surface area contributed by atoms with Crippen LogP contribution in [0.5, 0.6) is 0 Å². The summed E-state index contributed by atoms with van der Waals surface area (Å²) in [6.07, 6.45) is -9.86. The second kappa shape index (κ2) is 18.3. The average molecular weight is 609 g/mol. The molecule has 0 heterocycles. The van der Waals surface area contributed by atoms with Gasteiger partial charge in [-0.05, 0) is 60.3 Å². The van der Waals surface area contributed by atoms with Gasteiger partial charge in [-0.2, -0.15) is 0 Å². The largest absolute Gasteiger partial charge is 0.481 e. The first-order valence-electron chi connectivity index (χ1n) is 13.6. The van der Waals surface area contributed by atoms with Crippen LogP contribution in [0.1, 0.15) is 73.6 Å². The van der Waals surface area contributed by atoms with Crippen molar-refractivity contribution in [1.82, 2.24) is 0 Å². The Hall–Kier alpha value is -3.30. The van der Waals surface area contributed by atoms with Crippen molar-refractivity contribution in [2.24, 2.45) is 23.7 Å². The summed E-state index contributed by atoms with van der Waals surface area (Å²) in [6.45, 7) is 7.64. The molecule has 0 aliphatic rings. The second-order valence-corrected chi connectivity index (χ2v) is 10.7. The molecule has 42 heavy (non-hydrogen) atoms. The smallest absolute Gasteiger partial charge is 0.310 e. The van der Waals surface area contributed by atoms with Crippen LogP contribution in [0, 0.1) is 23.7 Å². The molecule has 0 aromatic heterocycles. The van der Waals surface area contributed by atoms with Crippen molar-refractivity contribution in [3.63, 3.8) is 0 Å². The van der Waals surface area contributed by atoms with Gasteiger partial charge in [0.2, 0.25) is 0 Å². The first-order chi connectivity index (χ1) is 19.3. The first-order valence-corrected chi connectivity index (χ1v) is 13.6. The van der Waals surface area contributed by atoms with E-state index < -0.39 is 128 Å². The number of carboxylic acids is 3. The Labute approximate surface area is 243 Å². The lowest BCUT2D eigenvalue weighted by atomic mass is 9.74. The maximum absolute atomic E-state index is 12.5. The average Bonchev–Trinajstić information content (AvgIpc) is 2.77. The van der Waals surface area contributed by atoms with Crippen LogP contribution < -0.4 is 0 Å². The number of hydrogen-bond acceptors (Lipinski definition) is 12. The van der Waals surface area contributed by atoms with E-state index in [1.54, 1.807) is 0 Å². The van der Waals surface area contributed by atoms with Crippen molar-refractivity contribution < 1.29 is 73.6 Å². The molecule has 0 amide bonds. The minimum atomic E-state index is -1.67. The van der Waals surface area contributed by atoms with Crippen LogP contribution in [-0.4, -0.2) is 103 Å². The van der Waals surface area contributed by atoms with Gasteiger partial charge in [-0.25, -0.2) is 0 Å². The summed E-state index contributed by atoms with van der Waals surface area (Å²) in [5.74, 6) is -13.5. The van der Waals surface area contributed by atoms with Gasteiger partial charge in [-0.15, -0.1) is 0 Å². The van der Waals surface area contributed by atoms with Crippen LogP contribution in [0.2, 0.25) is 0 Å². The molecule has 9 atom stereocenters. The van der Waals surface area contributed by atoms with E-state index in [1.165, 1.54) is 41.5 Å². The highest BCUT2D eigenvalue weighted by Crippen LogP contribution is 2.35. The van der Waals surface area contributed by atoms with E-state index in [-0.39, 0.29) is 0 Å². The molecular weight excluding hydrogens is 564 g/mol. The van der Waals surface area contributed by atoms with Gasteiger partial charge in [-0.3, -0.25) is 28.8 Å². The molecule has 0 aromatic rings. The summed E-state index contributed by atoms with van der Waals surface area (Å²) in [5.41, 5.74) is 0. The molecule has 242 valence electrons. The summed E-state index contributed by atoms with van der Waals surface area (Å²) in [7, 11) is 0. The number of aliphatic hydroxyl groups excluding tert-OH is 3. The third kappa shape index (κ3) is 14.5. The van der Waals surface area contributed by atoms with Gasteiger partial charge >= 0.3 is 35.8 Å². The second-order valence-electron chi connectivity index (χ2n) is 10.7. The Balaban J connectivity index is 6.49. The van der Waals surface area contributed by atoms with E-state index in [1.807, 2.05) is 0 Å². The zero-order chi connectivity index (χ0) is 32.9. The number of aliphatic carboxylic acids is 3. The predicted octanol–water partition coefficient (Wildman–Crippen LogP) is 0.593. The third-order valence-corrected chi connectivity index (χ3v) is 6.52. The van der Waals surface area contributed by atoms with E-state index in [9.17, 15) is 59.4 Å². The first kappa shape index (κ1) is 38.7. The van der Waals surface area contributed by atoms with Gasteiger partial charge in [0.25, 0.3) is 0 Å². The van der Waals surface area contributed by atoms with Crippen molar-refractivity contribution in [3.05, 3.63) is 0 Å². The van der Waals surface area contributed by atoms with Gasteiger partial charge in [0, 0.05) is 0 Å². The van der Waals surface area contributed by atoms with Crippen LogP contribution in [0.25, 0.3) is 0 Å². The Kier molecular flexibility index (Phi) is 16.8. The molecule has 0 spiro atoms. The van der Waals surface area contributed by atoms with Crippen LogP contribution in [-0.2, 0) is 43.0 Å². The van der Waals surface area contributed by atoms with Gasteiger partial charge in [0.1, 0.15) is 18.3 Å². The van der Waals surface area contributed by atoms with Crippen LogP contribution >= 0.6 is 0 Å². The number of esters is 3. The molecule has 0 aromatic carbocycles. The lowest BCUT2D eigenvalue weighted by Crippen LogP contribution is -2.43. The van der Waals surface area contributed by atoms with Gasteiger partial charge in [0.15, 0.2) is 0 Å². The molecule has 15 heteroatoms. The summed E-state index contributed by atoms with van der Waals surface area (Å²) in [4.78, 5) is 73.3. The van der Waals surface area contributed by atoms with E-state index in [4.69, 9.17) is 14.2 Å². The maximum atomic E-state index is 12.5. The Bertz CT molecular complexity index is 878. The van der Waals surface area contributed by atoms with Crippen molar-refractivity contribution in [2.75, 3.05) is 0 Å². The number of carbonyl (C=O) groups is 6. The highest BCUT2D eigenvalue weighted by atomic mass is 16.6. The normalized spacial score (nSPS) is 18.5. The predicted molar refractivity (Wildman–Crippen MR) is 142 cm³/mol. The number of carbonyl (C=O) groups excluding carboxylic acids is 3. The summed E-state index contributed by atoms with van der Waals surface area (Å²) in [6, 6.07) is 0. The molecule has 0 saturated heterocycles. The lowest BCUT2D eigenvalue weighted by molar-refractivity contribution is -0.169. The van der Waals surface area contributed by atoms with Crippen LogP contribution in [0.4, 0.5) is 0 Å². The molecule has 0 fully saturated rings. The van der Waals surface area contributed by atoms with E-state index in [0.29, 0.717) is 0 Å². The van der Waals surface area contributed by atoms with E-state index in [2.05, 4.69) is 0 Å². The standard InChI is InChI=1S/C27H44O15/c1-12(28)7-21(31)40-15(4)19(25(34)35)10-18(24(27(38)39)17(6)42-23(33)9-14(3)30)11-20(26(36)37)16(5)41-22(32)8-13(2)29/h12-20,24,28-30H,7-11H2,1-6H3,(H,34,35)(H,36,37)(H,38,39). The van der Waals surface area contributed by atoms with Gasteiger partial charge in [-0.1, -0.05) is 0 Å². The van der Waals surface area contributed by atoms with Crippen molar-refractivity contribution in [1.29, 1.82) is 0 Å². The highest BCUT2D eigenvalue weighted by Gasteiger charge is 2.43. The zero-order valence-electron chi connectivity index (χ0n) is 24.7. The number of aliphatic hydroxyl groups is 3. The monoisotopic (exact) mass is 608 g/mol. The van der Waals surface area contributed by atoms with Crippen molar-refractivity contribution in [2.45, 2.75) is 110 Å². The topological polar surface area (TPSA) is 251 Å². The number of rotatable bonds is 20. The van der Waals surface area contributed by atoms with Crippen molar-refractivity contribution in [3.8, 4) is 0 Å². The van der Waals surface area contributed by atoms with Crippen LogP contribution in [0.15, 0.2) is 0 Å². The molecule has 0 aliphatic carbocycles. The van der Waals surface area contributed by atoms with Gasteiger partial charge in [0.05, 0.1) is 55.3 Å². The number of hydrogen-bond donors (Lipinski definition) is 6. The van der Waals surface area contributed by atoms with Crippen molar-refractivity contribution >= 4 is 35.8 Å². The highest BCUT2D eigenvalue weighted by molar-refractivity contribution is 5.76. The molecule has 6 N–H and O–H groups in total. The van der Waals surface area contributed by atoms with Gasteiger partial charge < -0.3 is 44.8 Å². The summed E-state index contributed by atoms with van der Waals surface area (Å²) < 4.78 is 15.5. The third-order valence-electron chi connectivity index (χ3n) is 6.52. The molecule has 15 nitrogen and oxygen atoms in total. The SMILES string of the molecule is CC(O)CC(=O)OC(C)C(CC(CC(C(=O)O)C(C)OC(=O)CC(C)O)C(C(=O)O)C(C)OC(=O)CC(C)O)C(=O)O. The molecule has 0 rings (SSSR count). The summed E-state index contributed by atoms with van der Waals surface area (Å²) in [5, 5.41) is 58.3. The molecule has 0 saturated carbocycles. The van der Waals surface area contributed by atoms with Crippen LogP contribution in [0.3, 0.4) is 0 Å². The molecular formula is C27H44O15. The molecule has 0 radical (unpaired) electrons. The van der Waals surface area contributed by atoms with E-state index >= 15 is 0 Å². The lowest BCUT2D eigenvalue weighted by Gasteiger charge is -2.34. The number of ether oxygens (including phenoxy) is 3. The Morgan fingerprint density at radius 1 is 0.500 bits per heavy atom. The molecule has 0 bridgehead atoms. The Morgan fingerprint density at radius 3 is 1.02 bits per heavy atom. The van der Waals surface area contributed by atoms with E-state index in [0.717, 1.165) is 0 Å². The fraction of sp³-hybridized carbons (Fsp3) is 0.778. The molecule has 0 aliphatic heterocycles. The zero-order valence-corrected chi connectivity index (χ0v) is 24.7. The minimum Gasteiger partial charge on any atom is -0.481 e. The maximum Gasteiger partial charge on any atom is 0.310 e. The molecule has 9 unspecified atom stereocenters. The quantitative estimate of drug-likeness (QED) is 0.0817. The minimum absolute atomic E-state index is 0.440. The fourth-order valence-electron chi connectivity index (χ4n) is 4.54. The number of carboxylic acid groups (broad SMARTS) is 3.